The zero-order valence-corrected chi connectivity index (χ0v) is 16.1. The summed E-state index contributed by atoms with van der Waals surface area (Å²) < 4.78 is 5.56. The van der Waals surface area contributed by atoms with Gasteiger partial charge in [0.1, 0.15) is 5.00 Å². The van der Waals surface area contributed by atoms with E-state index in [1.807, 2.05) is 12.3 Å². The molecule has 0 aliphatic rings. The van der Waals surface area contributed by atoms with Crippen LogP contribution < -0.4 is 16.2 Å². The molecule has 0 saturated heterocycles. The van der Waals surface area contributed by atoms with Crippen LogP contribution in [-0.2, 0) is 4.74 Å². The summed E-state index contributed by atoms with van der Waals surface area (Å²) in [5.74, 6) is -0.757. The minimum absolute atomic E-state index is 0.168. The number of aryl methyl sites for hydroxylation is 1. The molecule has 6 nitrogen and oxygen atoms in total. The number of ether oxygens (including phenoxy) is 1. The first kappa shape index (κ1) is 17.9. The van der Waals surface area contributed by atoms with E-state index in [0.717, 1.165) is 9.35 Å². The molecule has 10 heteroatoms. The number of thiophene rings is 2. The number of halogens is 1. The molecule has 2 rings (SSSR count). The summed E-state index contributed by atoms with van der Waals surface area (Å²) in [5.41, 5.74) is 5.48. The van der Waals surface area contributed by atoms with Gasteiger partial charge in [-0.3, -0.25) is 15.6 Å². The van der Waals surface area contributed by atoms with Crippen molar-refractivity contribution in [2.75, 3.05) is 12.4 Å². The van der Waals surface area contributed by atoms with Crippen LogP contribution in [0.25, 0.3) is 0 Å². The van der Waals surface area contributed by atoms with Gasteiger partial charge in [0.05, 0.1) is 17.6 Å². The lowest BCUT2D eigenvalue weighted by molar-refractivity contribution is 0.0602. The highest BCUT2D eigenvalue weighted by molar-refractivity contribution is 9.10. The molecule has 0 aliphatic heterocycles. The van der Waals surface area contributed by atoms with Crippen LogP contribution >= 0.6 is 50.8 Å². The predicted octanol–water partition coefficient (Wildman–Crippen LogP) is 3.30. The molecule has 0 aliphatic carbocycles. The van der Waals surface area contributed by atoms with E-state index in [4.69, 9.17) is 17.0 Å². The number of nitrogens with one attached hydrogen (secondary N) is 3. The molecule has 23 heavy (non-hydrogen) atoms. The van der Waals surface area contributed by atoms with E-state index >= 15 is 0 Å². The Kier molecular flexibility index (Phi) is 6.10. The van der Waals surface area contributed by atoms with Crippen LogP contribution in [0.4, 0.5) is 5.00 Å². The maximum Gasteiger partial charge on any atom is 0.340 e. The summed E-state index contributed by atoms with van der Waals surface area (Å²) in [6.07, 6.45) is 0. The monoisotopic (exact) mass is 433 g/mol. The van der Waals surface area contributed by atoms with E-state index in [2.05, 4.69) is 32.1 Å². The molecule has 2 aromatic heterocycles. The quantitative estimate of drug-likeness (QED) is 0.391. The Hall–Kier alpha value is -1.49. The third-order valence-electron chi connectivity index (χ3n) is 2.57. The highest BCUT2D eigenvalue weighted by Gasteiger charge is 2.16. The minimum Gasteiger partial charge on any atom is -0.465 e. The van der Waals surface area contributed by atoms with Crippen molar-refractivity contribution in [3.8, 4) is 0 Å². The van der Waals surface area contributed by atoms with E-state index in [-0.39, 0.29) is 11.0 Å². The maximum atomic E-state index is 11.9. The van der Waals surface area contributed by atoms with Crippen molar-refractivity contribution in [2.24, 2.45) is 0 Å². The number of esters is 1. The van der Waals surface area contributed by atoms with Crippen LogP contribution in [0.1, 0.15) is 24.9 Å². The van der Waals surface area contributed by atoms with Crippen LogP contribution in [0.2, 0.25) is 0 Å². The zero-order valence-electron chi connectivity index (χ0n) is 12.1. The number of carbonyl (C=O) groups is 2. The molecule has 2 heterocycles. The second kappa shape index (κ2) is 7.86. The largest absolute Gasteiger partial charge is 0.465 e. The Morgan fingerprint density at radius 1 is 1.30 bits per heavy atom. The normalized spacial score (nSPS) is 10.0. The number of anilines is 1. The van der Waals surface area contributed by atoms with Crippen molar-refractivity contribution in [3.05, 3.63) is 37.3 Å². The molecule has 0 aromatic carbocycles. The Labute approximate surface area is 154 Å². The Balaban J connectivity index is 1.95. The van der Waals surface area contributed by atoms with Crippen LogP contribution in [-0.4, -0.2) is 24.1 Å². The average molecular weight is 434 g/mol. The summed E-state index contributed by atoms with van der Waals surface area (Å²) in [6, 6.07) is 3.42. The minimum atomic E-state index is -0.452. The van der Waals surface area contributed by atoms with Crippen LogP contribution in [0.15, 0.2) is 22.0 Å². The molecule has 0 saturated carbocycles. The lowest BCUT2D eigenvalue weighted by atomic mass is 10.3. The first-order valence-corrected chi connectivity index (χ1v) is 9.10. The smallest absolute Gasteiger partial charge is 0.340 e. The van der Waals surface area contributed by atoms with Crippen molar-refractivity contribution in [2.45, 2.75) is 6.92 Å². The standard InChI is InChI=1S/C13H12BrN3O3S3/c1-6-3-8(12(19)20-2)11(23-6)15-13(21)17-16-10(18)9-4-7(14)5-22-9/h3-5H,1-2H3,(H,16,18)(H2,15,17,21). The molecule has 0 spiro atoms. The van der Waals surface area contributed by atoms with Gasteiger partial charge in [0.15, 0.2) is 5.11 Å². The van der Waals surface area contributed by atoms with Crippen molar-refractivity contribution >= 4 is 72.8 Å². The molecule has 1 amide bonds. The molecule has 0 atom stereocenters. The number of carbonyl (C=O) groups excluding carboxylic acids is 2. The summed E-state index contributed by atoms with van der Waals surface area (Å²) in [7, 11) is 1.31. The van der Waals surface area contributed by atoms with Gasteiger partial charge in [0, 0.05) is 14.7 Å². The average Bonchev–Trinajstić information content (AvgIpc) is 3.10. The van der Waals surface area contributed by atoms with Crippen molar-refractivity contribution < 1.29 is 14.3 Å². The van der Waals surface area contributed by atoms with E-state index in [1.165, 1.54) is 29.8 Å². The molecule has 0 unspecified atom stereocenters. The van der Waals surface area contributed by atoms with Crippen LogP contribution in [0, 0.1) is 6.92 Å². The van der Waals surface area contributed by atoms with E-state index in [0.29, 0.717) is 15.4 Å². The van der Waals surface area contributed by atoms with E-state index < -0.39 is 5.97 Å². The highest BCUT2D eigenvalue weighted by Crippen LogP contribution is 2.28. The first-order valence-electron chi connectivity index (χ1n) is 6.21. The lowest BCUT2D eigenvalue weighted by Gasteiger charge is -2.10. The Morgan fingerprint density at radius 3 is 2.65 bits per heavy atom. The topological polar surface area (TPSA) is 79.5 Å². The summed E-state index contributed by atoms with van der Waals surface area (Å²) in [4.78, 5) is 25.1. The van der Waals surface area contributed by atoms with Crippen LogP contribution in [0.5, 0.6) is 0 Å². The van der Waals surface area contributed by atoms with E-state index in [1.54, 1.807) is 12.1 Å². The molecule has 0 radical (unpaired) electrons. The summed E-state index contributed by atoms with van der Waals surface area (Å²) in [5, 5.41) is 5.41. The number of methoxy groups -OCH3 is 1. The Morgan fingerprint density at radius 2 is 2.04 bits per heavy atom. The highest BCUT2D eigenvalue weighted by atomic mass is 79.9. The van der Waals surface area contributed by atoms with E-state index in [9.17, 15) is 9.59 Å². The van der Waals surface area contributed by atoms with Crippen molar-refractivity contribution in [1.82, 2.24) is 10.9 Å². The number of rotatable bonds is 3. The van der Waals surface area contributed by atoms with Gasteiger partial charge >= 0.3 is 5.97 Å². The fourth-order valence-corrected chi connectivity index (χ4v) is 4.05. The van der Waals surface area contributed by atoms with Gasteiger partial charge in [-0.2, -0.15) is 0 Å². The maximum absolute atomic E-state index is 11.9. The number of hydrogen-bond donors (Lipinski definition) is 3. The third-order valence-corrected chi connectivity index (χ3v) is 5.43. The molecule has 0 bridgehead atoms. The van der Waals surface area contributed by atoms with Gasteiger partial charge in [-0.15, -0.1) is 22.7 Å². The van der Waals surface area contributed by atoms with Gasteiger partial charge in [-0.1, -0.05) is 0 Å². The van der Waals surface area contributed by atoms with Gasteiger partial charge in [0.2, 0.25) is 0 Å². The molecule has 0 fully saturated rings. The SMILES string of the molecule is COC(=O)c1cc(C)sc1NC(=S)NNC(=O)c1cc(Br)cs1. The molecular formula is C13H12BrN3O3S3. The van der Waals surface area contributed by atoms with Gasteiger partial charge < -0.3 is 10.1 Å². The second-order valence-corrected chi connectivity index (χ2v) is 7.75. The third kappa shape index (κ3) is 4.74. The van der Waals surface area contributed by atoms with Gasteiger partial charge in [0.25, 0.3) is 5.91 Å². The molecular weight excluding hydrogens is 422 g/mol. The fourth-order valence-electron chi connectivity index (χ4n) is 1.61. The number of amides is 1. The number of hydrazine groups is 1. The fraction of sp³-hybridized carbons (Fsp3) is 0.154. The summed E-state index contributed by atoms with van der Waals surface area (Å²) >= 11 is 11.1. The molecule has 122 valence electrons. The second-order valence-electron chi connectivity index (χ2n) is 4.25. The van der Waals surface area contributed by atoms with Gasteiger partial charge in [-0.25, -0.2) is 4.79 Å². The number of hydrogen-bond acceptors (Lipinski definition) is 6. The number of thiocarbonyl (C=S) groups is 1. The zero-order chi connectivity index (χ0) is 17.0. The molecule has 2 aromatic rings. The first-order chi connectivity index (χ1) is 10.9. The molecule has 3 N–H and O–H groups in total. The van der Waals surface area contributed by atoms with Crippen molar-refractivity contribution in [3.63, 3.8) is 0 Å². The lowest BCUT2D eigenvalue weighted by Crippen LogP contribution is -2.43. The van der Waals surface area contributed by atoms with Crippen LogP contribution in [0.3, 0.4) is 0 Å². The Bertz CT molecular complexity index is 757. The van der Waals surface area contributed by atoms with Gasteiger partial charge in [-0.05, 0) is 47.2 Å². The summed E-state index contributed by atoms with van der Waals surface area (Å²) in [6.45, 7) is 1.87. The predicted molar refractivity (Wildman–Crippen MR) is 99.2 cm³/mol. The van der Waals surface area contributed by atoms with Crippen molar-refractivity contribution in [1.29, 1.82) is 0 Å².